The SMILES string of the molecule is O=C(CCc1ccc(C(=O)N2CCC[C@H]2CN2CCCC2)cc1)c1ccccc1. The van der Waals surface area contributed by atoms with Crippen molar-refractivity contribution < 1.29 is 9.59 Å². The Hall–Kier alpha value is -2.46. The number of carbonyl (C=O) groups is 2. The highest BCUT2D eigenvalue weighted by Crippen LogP contribution is 2.23. The van der Waals surface area contributed by atoms with Crippen molar-refractivity contribution in [2.75, 3.05) is 26.2 Å². The summed E-state index contributed by atoms with van der Waals surface area (Å²) in [5.41, 5.74) is 2.62. The first kappa shape index (κ1) is 19.8. The van der Waals surface area contributed by atoms with E-state index in [0.717, 1.165) is 42.6 Å². The molecule has 0 bridgehead atoms. The molecular formula is C25H30N2O2. The molecule has 4 rings (SSSR count). The third-order valence-corrected chi connectivity index (χ3v) is 6.24. The summed E-state index contributed by atoms with van der Waals surface area (Å²) in [7, 11) is 0. The maximum absolute atomic E-state index is 13.0. The van der Waals surface area contributed by atoms with Crippen LogP contribution in [0.5, 0.6) is 0 Å². The number of rotatable bonds is 7. The van der Waals surface area contributed by atoms with E-state index in [1.165, 1.54) is 25.9 Å². The van der Waals surface area contributed by atoms with Gasteiger partial charge in [0.05, 0.1) is 0 Å². The van der Waals surface area contributed by atoms with Crippen LogP contribution in [0.1, 0.15) is 58.4 Å². The van der Waals surface area contributed by atoms with Gasteiger partial charge in [0.2, 0.25) is 0 Å². The van der Waals surface area contributed by atoms with Gasteiger partial charge in [-0.2, -0.15) is 0 Å². The molecule has 1 amide bonds. The van der Waals surface area contributed by atoms with Crippen LogP contribution in [-0.4, -0.2) is 53.7 Å². The summed E-state index contributed by atoms with van der Waals surface area (Å²) in [5, 5.41) is 0. The Morgan fingerprint density at radius 3 is 2.28 bits per heavy atom. The molecule has 2 aliphatic rings. The standard InChI is InChI=1S/C25H30N2O2/c28-24(21-7-2-1-3-8-21)15-12-20-10-13-22(14-11-20)25(29)27-18-6-9-23(27)19-26-16-4-5-17-26/h1-3,7-8,10-11,13-14,23H,4-6,9,12,15-19H2/t23-/m0/s1. The molecule has 0 aromatic heterocycles. The summed E-state index contributed by atoms with van der Waals surface area (Å²) in [6.45, 7) is 4.24. The van der Waals surface area contributed by atoms with Crippen molar-refractivity contribution in [3.63, 3.8) is 0 Å². The van der Waals surface area contributed by atoms with Gasteiger partial charge in [-0.25, -0.2) is 0 Å². The lowest BCUT2D eigenvalue weighted by Gasteiger charge is -2.28. The van der Waals surface area contributed by atoms with E-state index < -0.39 is 0 Å². The van der Waals surface area contributed by atoms with Crippen molar-refractivity contribution in [1.29, 1.82) is 0 Å². The minimum Gasteiger partial charge on any atom is -0.334 e. The van der Waals surface area contributed by atoms with Gasteiger partial charge in [-0.15, -0.1) is 0 Å². The lowest BCUT2D eigenvalue weighted by Crippen LogP contribution is -2.42. The first-order chi connectivity index (χ1) is 14.2. The van der Waals surface area contributed by atoms with E-state index in [1.54, 1.807) is 0 Å². The van der Waals surface area contributed by atoms with Gasteiger partial charge in [-0.1, -0.05) is 42.5 Å². The third kappa shape index (κ3) is 4.94. The Balaban J connectivity index is 1.33. The molecule has 4 nitrogen and oxygen atoms in total. The highest BCUT2D eigenvalue weighted by molar-refractivity contribution is 5.96. The van der Waals surface area contributed by atoms with Crippen molar-refractivity contribution in [3.8, 4) is 0 Å². The zero-order valence-corrected chi connectivity index (χ0v) is 17.1. The zero-order chi connectivity index (χ0) is 20.1. The maximum atomic E-state index is 13.0. The summed E-state index contributed by atoms with van der Waals surface area (Å²) in [4.78, 5) is 29.9. The van der Waals surface area contributed by atoms with Crippen LogP contribution in [0, 0.1) is 0 Å². The normalized spacial score (nSPS) is 19.6. The molecule has 0 saturated carbocycles. The molecule has 0 spiro atoms. The Bertz CT molecular complexity index is 826. The molecule has 2 aromatic carbocycles. The molecule has 152 valence electrons. The molecule has 0 aliphatic carbocycles. The first-order valence-corrected chi connectivity index (χ1v) is 10.9. The number of amides is 1. The van der Waals surface area contributed by atoms with Crippen LogP contribution in [-0.2, 0) is 6.42 Å². The number of carbonyl (C=O) groups excluding carboxylic acids is 2. The Labute approximate surface area is 173 Å². The number of aryl methyl sites for hydroxylation is 1. The van der Waals surface area contributed by atoms with Crippen molar-refractivity contribution in [2.45, 2.75) is 44.6 Å². The van der Waals surface area contributed by atoms with Gasteiger partial charge in [0.15, 0.2) is 5.78 Å². The van der Waals surface area contributed by atoms with Crippen molar-refractivity contribution in [3.05, 3.63) is 71.3 Å². The minimum absolute atomic E-state index is 0.151. The van der Waals surface area contributed by atoms with E-state index in [-0.39, 0.29) is 11.7 Å². The Kier molecular flexibility index (Phi) is 6.40. The number of nitrogens with zero attached hydrogens (tertiary/aromatic N) is 2. The molecule has 2 saturated heterocycles. The van der Waals surface area contributed by atoms with Crippen LogP contribution in [0.3, 0.4) is 0 Å². The van der Waals surface area contributed by atoms with Gasteiger partial charge in [0.1, 0.15) is 0 Å². The van der Waals surface area contributed by atoms with Crippen LogP contribution < -0.4 is 0 Å². The summed E-state index contributed by atoms with van der Waals surface area (Å²) < 4.78 is 0. The van der Waals surface area contributed by atoms with Gasteiger partial charge in [-0.3, -0.25) is 9.59 Å². The topological polar surface area (TPSA) is 40.6 Å². The Morgan fingerprint density at radius 2 is 1.55 bits per heavy atom. The molecular weight excluding hydrogens is 360 g/mol. The summed E-state index contributed by atoms with van der Waals surface area (Å²) in [6.07, 6.45) is 5.97. The number of Topliss-reactive ketones (excluding diaryl/α,β-unsaturated/α-hetero) is 1. The average Bonchev–Trinajstić information content (AvgIpc) is 3.45. The first-order valence-electron chi connectivity index (χ1n) is 10.9. The monoisotopic (exact) mass is 390 g/mol. The van der Waals surface area contributed by atoms with Crippen molar-refractivity contribution >= 4 is 11.7 Å². The van der Waals surface area contributed by atoms with Gasteiger partial charge in [-0.05, 0) is 62.9 Å². The molecule has 2 heterocycles. The van der Waals surface area contributed by atoms with Crippen LogP contribution >= 0.6 is 0 Å². The Morgan fingerprint density at radius 1 is 0.828 bits per heavy atom. The fraction of sp³-hybridized carbons (Fsp3) is 0.440. The summed E-state index contributed by atoms with van der Waals surface area (Å²) >= 11 is 0. The van der Waals surface area contributed by atoms with Gasteiger partial charge >= 0.3 is 0 Å². The fourth-order valence-electron chi connectivity index (χ4n) is 4.56. The molecule has 2 aromatic rings. The quantitative estimate of drug-likeness (QED) is 0.665. The third-order valence-electron chi connectivity index (χ3n) is 6.24. The van der Waals surface area contributed by atoms with Crippen molar-refractivity contribution in [1.82, 2.24) is 9.80 Å². The molecule has 0 N–H and O–H groups in total. The van der Waals surface area contributed by atoms with Gasteiger partial charge in [0.25, 0.3) is 5.91 Å². The molecule has 1 atom stereocenters. The lowest BCUT2D eigenvalue weighted by molar-refractivity contribution is 0.0708. The minimum atomic E-state index is 0.151. The lowest BCUT2D eigenvalue weighted by atomic mass is 10.0. The number of hydrogen-bond acceptors (Lipinski definition) is 3. The number of likely N-dealkylation sites (tertiary alicyclic amines) is 2. The molecule has 0 unspecified atom stereocenters. The van der Waals surface area contributed by atoms with E-state index in [4.69, 9.17) is 0 Å². The highest BCUT2D eigenvalue weighted by Gasteiger charge is 2.31. The van der Waals surface area contributed by atoms with Crippen LogP contribution in [0.2, 0.25) is 0 Å². The second kappa shape index (κ2) is 9.36. The van der Waals surface area contributed by atoms with Crippen LogP contribution in [0.15, 0.2) is 54.6 Å². The molecule has 4 heteroatoms. The molecule has 2 aliphatic heterocycles. The number of ketones is 1. The number of hydrogen-bond donors (Lipinski definition) is 0. The predicted molar refractivity (Wildman–Crippen MR) is 115 cm³/mol. The van der Waals surface area contributed by atoms with Crippen LogP contribution in [0.25, 0.3) is 0 Å². The van der Waals surface area contributed by atoms with Crippen LogP contribution in [0.4, 0.5) is 0 Å². The largest absolute Gasteiger partial charge is 0.334 e. The van der Waals surface area contributed by atoms with E-state index in [0.29, 0.717) is 18.9 Å². The predicted octanol–water partition coefficient (Wildman–Crippen LogP) is 4.20. The number of benzene rings is 2. The van der Waals surface area contributed by atoms with Crippen molar-refractivity contribution in [2.24, 2.45) is 0 Å². The van der Waals surface area contributed by atoms with E-state index in [1.807, 2.05) is 54.6 Å². The van der Waals surface area contributed by atoms with Gasteiger partial charge in [0, 0.05) is 36.7 Å². The van der Waals surface area contributed by atoms with E-state index in [2.05, 4.69) is 9.80 Å². The smallest absolute Gasteiger partial charge is 0.254 e. The second-order valence-electron chi connectivity index (χ2n) is 8.29. The average molecular weight is 391 g/mol. The fourth-order valence-corrected chi connectivity index (χ4v) is 4.56. The van der Waals surface area contributed by atoms with E-state index in [9.17, 15) is 9.59 Å². The second-order valence-corrected chi connectivity index (χ2v) is 8.29. The summed E-state index contributed by atoms with van der Waals surface area (Å²) in [5.74, 6) is 0.311. The molecule has 0 radical (unpaired) electrons. The highest BCUT2D eigenvalue weighted by atomic mass is 16.2. The summed E-state index contributed by atoms with van der Waals surface area (Å²) in [6, 6.07) is 17.6. The molecule has 2 fully saturated rings. The maximum Gasteiger partial charge on any atom is 0.254 e. The van der Waals surface area contributed by atoms with Gasteiger partial charge < -0.3 is 9.80 Å². The van der Waals surface area contributed by atoms with E-state index >= 15 is 0 Å². The zero-order valence-electron chi connectivity index (χ0n) is 17.1. The molecule has 29 heavy (non-hydrogen) atoms.